The molecule has 0 fully saturated rings. The summed E-state index contributed by atoms with van der Waals surface area (Å²) in [6.07, 6.45) is 0. The minimum absolute atomic E-state index is 0. The number of nitrogens with zero attached hydrogens (tertiary/aromatic N) is 1. The fraction of sp³-hybridized carbons (Fsp3) is 0.136. The number of benzene rings is 3. The molecule has 0 bridgehead atoms. The molecule has 28 heavy (non-hydrogen) atoms. The zero-order chi connectivity index (χ0) is 18.6. The van der Waals surface area contributed by atoms with Crippen LogP contribution in [0.2, 0.25) is 0 Å². The standard InChI is InChI=1S/C21H20N2O2S.CH3.Ru/c1-16-12-14-19(15-13-16)26(24,25)23-21(18-10-6-3-7-11-18)20(22)17-8-4-2-5-9-17;;/h2-15,20-22H,1H3;1H3;/q-2;-1;+3/t20-,21-;;/m1../s1. The molecule has 0 heterocycles. The van der Waals surface area contributed by atoms with Gasteiger partial charge >= 0.3 is 19.5 Å². The summed E-state index contributed by atoms with van der Waals surface area (Å²) < 4.78 is 29.8. The molecule has 4 nitrogen and oxygen atoms in total. The number of nitrogens with one attached hydrogen (secondary N) is 1. The molecule has 0 spiro atoms. The predicted octanol–water partition coefficient (Wildman–Crippen LogP) is 6.04. The van der Waals surface area contributed by atoms with Gasteiger partial charge in [-0.05, 0) is 19.1 Å². The molecule has 2 atom stereocenters. The van der Waals surface area contributed by atoms with E-state index >= 15 is 0 Å². The Bertz CT molecular complexity index is 947. The Hall–Kier alpha value is -1.85. The Morgan fingerprint density at radius 1 is 0.786 bits per heavy atom. The summed E-state index contributed by atoms with van der Waals surface area (Å²) in [6.45, 7) is 1.90. The van der Waals surface area contributed by atoms with E-state index in [-0.39, 0.29) is 31.8 Å². The number of sulfonamides is 1. The topological polar surface area (TPSA) is 72.0 Å². The van der Waals surface area contributed by atoms with Crippen molar-refractivity contribution in [1.82, 2.24) is 0 Å². The Kier molecular flexibility index (Phi) is 9.18. The summed E-state index contributed by atoms with van der Waals surface area (Å²) in [6, 6.07) is 23.3. The van der Waals surface area contributed by atoms with Crippen LogP contribution in [0, 0.1) is 14.4 Å². The van der Waals surface area contributed by atoms with E-state index < -0.39 is 22.1 Å². The third kappa shape index (κ3) is 5.82. The summed E-state index contributed by atoms with van der Waals surface area (Å²) in [5.41, 5.74) is 11.0. The molecule has 0 saturated carbocycles. The zero-order valence-electron chi connectivity index (χ0n) is 15.8. The number of hydrogen-bond donors (Lipinski definition) is 0. The molecule has 0 aliphatic carbocycles. The van der Waals surface area contributed by atoms with Crippen molar-refractivity contribution in [1.29, 1.82) is 0 Å². The van der Waals surface area contributed by atoms with Gasteiger partial charge in [-0.25, -0.2) is 8.42 Å². The first kappa shape index (κ1) is 24.2. The molecule has 0 unspecified atom stereocenters. The van der Waals surface area contributed by atoms with Gasteiger partial charge in [-0.3, -0.25) is 0 Å². The molecule has 147 valence electrons. The Balaban J connectivity index is 0.00000196. The number of rotatable bonds is 6. The van der Waals surface area contributed by atoms with Crippen molar-refractivity contribution in [2.24, 2.45) is 0 Å². The van der Waals surface area contributed by atoms with E-state index in [1.807, 2.05) is 67.6 Å². The molecule has 3 rings (SSSR count). The van der Waals surface area contributed by atoms with Gasteiger partial charge in [0.05, 0.1) is 0 Å². The van der Waals surface area contributed by atoms with Crippen molar-refractivity contribution in [2.45, 2.75) is 23.9 Å². The first-order valence-electron chi connectivity index (χ1n) is 8.32. The van der Waals surface area contributed by atoms with Crippen LogP contribution in [0.3, 0.4) is 0 Å². The summed E-state index contributed by atoms with van der Waals surface area (Å²) >= 11 is 0. The molecule has 0 saturated heterocycles. The summed E-state index contributed by atoms with van der Waals surface area (Å²) in [5.74, 6) is 0. The van der Waals surface area contributed by atoms with Gasteiger partial charge in [0.15, 0.2) is 0 Å². The zero-order valence-corrected chi connectivity index (χ0v) is 18.3. The maximum atomic E-state index is 12.8. The Morgan fingerprint density at radius 2 is 1.25 bits per heavy atom. The van der Waals surface area contributed by atoms with E-state index in [1.165, 1.54) is 0 Å². The van der Waals surface area contributed by atoms with Crippen LogP contribution >= 0.6 is 0 Å². The largest absolute Gasteiger partial charge is 3.00 e. The Labute approximate surface area is 181 Å². The van der Waals surface area contributed by atoms with Crippen molar-refractivity contribution in [3.05, 3.63) is 120 Å². The fourth-order valence-corrected chi connectivity index (χ4v) is 3.87. The van der Waals surface area contributed by atoms with Gasteiger partial charge in [-0.2, -0.15) is 0 Å². The number of hydrogen-bond acceptors (Lipinski definition) is 2. The van der Waals surface area contributed by atoms with Crippen LogP contribution in [-0.2, 0) is 29.5 Å². The fourth-order valence-electron chi connectivity index (χ4n) is 2.73. The first-order chi connectivity index (χ1) is 12.5. The summed E-state index contributed by atoms with van der Waals surface area (Å²) in [4.78, 5) is 0.143. The maximum absolute atomic E-state index is 12.8. The van der Waals surface area contributed by atoms with Gasteiger partial charge in [0, 0.05) is 4.90 Å². The van der Waals surface area contributed by atoms with E-state index in [4.69, 9.17) is 5.73 Å². The molecule has 0 aliphatic heterocycles. The molecule has 0 aliphatic rings. The molecule has 0 amide bonds. The smallest absolute Gasteiger partial charge is 0.672 e. The first-order valence-corrected chi connectivity index (χ1v) is 9.76. The Morgan fingerprint density at radius 3 is 1.75 bits per heavy atom. The van der Waals surface area contributed by atoms with E-state index in [0.29, 0.717) is 5.56 Å². The van der Waals surface area contributed by atoms with E-state index in [1.54, 1.807) is 24.3 Å². The van der Waals surface area contributed by atoms with Crippen LogP contribution in [-0.4, -0.2) is 8.42 Å². The summed E-state index contributed by atoms with van der Waals surface area (Å²) in [7, 11) is -3.87. The van der Waals surface area contributed by atoms with Gasteiger partial charge in [0.2, 0.25) is 0 Å². The van der Waals surface area contributed by atoms with E-state index in [9.17, 15) is 8.42 Å². The molecular formula is C22H23N2O2RuS. The van der Waals surface area contributed by atoms with Crippen molar-refractivity contribution in [3.8, 4) is 0 Å². The number of aryl methyl sites for hydroxylation is 1. The average Bonchev–Trinajstić information content (AvgIpc) is 2.67. The monoisotopic (exact) mass is 481 g/mol. The van der Waals surface area contributed by atoms with Crippen molar-refractivity contribution in [2.75, 3.05) is 0 Å². The minimum Gasteiger partial charge on any atom is -0.672 e. The molecule has 3 aromatic carbocycles. The quantitative estimate of drug-likeness (QED) is 0.319. The van der Waals surface area contributed by atoms with Gasteiger partial charge in [0.25, 0.3) is 0 Å². The molecule has 1 radical (unpaired) electrons. The summed E-state index contributed by atoms with van der Waals surface area (Å²) in [5, 5.41) is 0. The molecular weight excluding hydrogens is 457 g/mol. The van der Waals surface area contributed by atoms with Crippen LogP contribution in [0.1, 0.15) is 28.8 Å². The second-order valence-corrected chi connectivity index (χ2v) is 7.77. The second kappa shape index (κ2) is 10.6. The van der Waals surface area contributed by atoms with Gasteiger partial charge in [-0.1, -0.05) is 89.5 Å². The van der Waals surface area contributed by atoms with Crippen molar-refractivity contribution in [3.63, 3.8) is 0 Å². The van der Waals surface area contributed by atoms with Crippen LogP contribution in [0.15, 0.2) is 89.8 Å². The van der Waals surface area contributed by atoms with Crippen molar-refractivity contribution >= 4 is 10.0 Å². The van der Waals surface area contributed by atoms with Crippen molar-refractivity contribution < 1.29 is 27.9 Å². The van der Waals surface area contributed by atoms with Crippen LogP contribution in [0.25, 0.3) is 10.5 Å². The molecule has 1 N–H and O–H groups in total. The minimum atomic E-state index is -3.87. The van der Waals surface area contributed by atoms with Gasteiger partial charge < -0.3 is 17.9 Å². The predicted molar refractivity (Wildman–Crippen MR) is 111 cm³/mol. The normalized spacial score (nSPS) is 12.9. The van der Waals surface area contributed by atoms with Gasteiger partial charge in [-0.15, -0.1) is 12.1 Å². The third-order valence-electron chi connectivity index (χ3n) is 4.19. The van der Waals surface area contributed by atoms with Crippen LogP contribution in [0.5, 0.6) is 0 Å². The average molecular weight is 481 g/mol. The van der Waals surface area contributed by atoms with E-state index in [2.05, 4.69) is 4.72 Å². The third-order valence-corrected chi connectivity index (χ3v) is 5.56. The SMILES string of the molecule is Cc1ccc(S(=O)(=O)[N-][C@H](c2ccccc2)[C@H]([NH-])c2ccccc2)cc1.[CH3-].[Ru+3]. The van der Waals surface area contributed by atoms with Crippen LogP contribution < -0.4 is 0 Å². The van der Waals surface area contributed by atoms with E-state index in [0.717, 1.165) is 11.1 Å². The van der Waals surface area contributed by atoms with Gasteiger partial charge in [0.1, 0.15) is 10.0 Å². The second-order valence-electron chi connectivity index (χ2n) is 6.14. The molecule has 3 aromatic rings. The van der Waals surface area contributed by atoms with Crippen LogP contribution in [0.4, 0.5) is 0 Å². The molecule has 0 aromatic heterocycles. The molecule has 6 heteroatoms. The maximum Gasteiger partial charge on any atom is 3.00 e.